The third-order valence-corrected chi connectivity index (χ3v) is 5.18. The molecule has 2 N–H and O–H groups in total. The van der Waals surface area contributed by atoms with E-state index in [4.69, 9.17) is 0 Å². The first-order valence-electron chi connectivity index (χ1n) is 9.28. The molecule has 30 heavy (non-hydrogen) atoms. The van der Waals surface area contributed by atoms with Crippen LogP contribution in [0.25, 0.3) is 16.6 Å². The van der Waals surface area contributed by atoms with E-state index in [1.165, 1.54) is 6.07 Å². The fourth-order valence-electron chi connectivity index (χ4n) is 3.26. The van der Waals surface area contributed by atoms with E-state index in [0.717, 1.165) is 20.4 Å². The molecule has 0 aliphatic rings. The van der Waals surface area contributed by atoms with Crippen molar-refractivity contribution in [2.75, 3.05) is 5.32 Å². The SMILES string of the molecule is CCn1c(=O)[nH]c2cc(C(=O)Nc3cc(C)nn3-c3cccc(Br)c3)ccc2c1=O. The summed E-state index contributed by atoms with van der Waals surface area (Å²) in [5.41, 5.74) is 1.27. The lowest BCUT2D eigenvalue weighted by Crippen LogP contribution is -2.34. The Labute approximate surface area is 179 Å². The van der Waals surface area contributed by atoms with Crippen LogP contribution in [0.5, 0.6) is 0 Å². The van der Waals surface area contributed by atoms with Crippen molar-refractivity contribution in [2.45, 2.75) is 20.4 Å². The van der Waals surface area contributed by atoms with Gasteiger partial charge in [-0.1, -0.05) is 22.0 Å². The first-order valence-corrected chi connectivity index (χ1v) is 10.1. The standard InChI is InChI=1S/C21H18BrN5O3/c1-3-26-20(29)16-8-7-13(10-17(16)23-21(26)30)19(28)24-18-9-12(2)25-27(18)15-6-4-5-14(22)11-15/h4-11H,3H2,1-2H3,(H,23,30)(H,24,28). The number of amides is 1. The van der Waals surface area contributed by atoms with E-state index in [9.17, 15) is 14.4 Å². The number of carbonyl (C=O) groups excluding carboxylic acids is 1. The van der Waals surface area contributed by atoms with Gasteiger partial charge in [0.2, 0.25) is 0 Å². The Hall–Kier alpha value is -3.46. The summed E-state index contributed by atoms with van der Waals surface area (Å²) in [7, 11) is 0. The van der Waals surface area contributed by atoms with Crippen LogP contribution in [0, 0.1) is 6.92 Å². The second kappa shape index (κ2) is 7.75. The summed E-state index contributed by atoms with van der Waals surface area (Å²) < 4.78 is 3.64. The molecule has 8 nitrogen and oxygen atoms in total. The van der Waals surface area contributed by atoms with Gasteiger partial charge in [0.05, 0.1) is 22.3 Å². The maximum absolute atomic E-state index is 12.9. The summed E-state index contributed by atoms with van der Waals surface area (Å²) in [5.74, 6) is 0.124. The van der Waals surface area contributed by atoms with Crippen LogP contribution in [0.3, 0.4) is 0 Å². The van der Waals surface area contributed by atoms with Crippen LogP contribution in [-0.2, 0) is 6.54 Å². The lowest BCUT2D eigenvalue weighted by atomic mass is 10.1. The Morgan fingerprint density at radius 1 is 1.17 bits per heavy atom. The lowest BCUT2D eigenvalue weighted by molar-refractivity contribution is 0.102. The zero-order valence-corrected chi connectivity index (χ0v) is 17.9. The molecule has 2 aromatic carbocycles. The smallest absolute Gasteiger partial charge is 0.307 e. The van der Waals surface area contributed by atoms with Crippen LogP contribution >= 0.6 is 15.9 Å². The van der Waals surface area contributed by atoms with E-state index in [0.29, 0.717) is 22.3 Å². The quantitative estimate of drug-likeness (QED) is 0.480. The van der Waals surface area contributed by atoms with Gasteiger partial charge < -0.3 is 10.3 Å². The number of nitrogens with one attached hydrogen (secondary N) is 2. The third kappa shape index (κ3) is 3.59. The Bertz CT molecular complexity index is 1400. The number of fused-ring (bicyclic) bond motifs is 1. The van der Waals surface area contributed by atoms with E-state index >= 15 is 0 Å². The highest BCUT2D eigenvalue weighted by atomic mass is 79.9. The largest absolute Gasteiger partial charge is 0.328 e. The van der Waals surface area contributed by atoms with Gasteiger partial charge in [0, 0.05) is 22.6 Å². The van der Waals surface area contributed by atoms with Crippen LogP contribution in [0.4, 0.5) is 5.82 Å². The summed E-state index contributed by atoms with van der Waals surface area (Å²) in [4.78, 5) is 40.0. The average molecular weight is 468 g/mol. The minimum absolute atomic E-state index is 0.269. The zero-order valence-electron chi connectivity index (χ0n) is 16.3. The molecule has 0 saturated carbocycles. The molecule has 0 aliphatic heterocycles. The van der Waals surface area contributed by atoms with Crippen molar-refractivity contribution in [3.63, 3.8) is 0 Å². The number of hydrogen-bond donors (Lipinski definition) is 2. The van der Waals surface area contributed by atoms with Crippen molar-refractivity contribution in [2.24, 2.45) is 0 Å². The first-order chi connectivity index (χ1) is 14.4. The van der Waals surface area contributed by atoms with Crippen LogP contribution in [-0.4, -0.2) is 25.2 Å². The molecule has 0 radical (unpaired) electrons. The molecular weight excluding hydrogens is 450 g/mol. The van der Waals surface area contributed by atoms with Gasteiger partial charge in [-0.2, -0.15) is 5.10 Å². The number of aromatic amines is 1. The van der Waals surface area contributed by atoms with Crippen molar-refractivity contribution in [3.8, 4) is 5.69 Å². The monoisotopic (exact) mass is 467 g/mol. The van der Waals surface area contributed by atoms with Crippen molar-refractivity contribution < 1.29 is 4.79 Å². The molecule has 4 aromatic rings. The predicted octanol–water partition coefficient (Wildman–Crippen LogP) is 3.22. The minimum Gasteiger partial charge on any atom is -0.307 e. The summed E-state index contributed by atoms with van der Waals surface area (Å²) in [6.07, 6.45) is 0. The molecule has 0 saturated heterocycles. The van der Waals surface area contributed by atoms with Crippen LogP contribution < -0.4 is 16.6 Å². The average Bonchev–Trinajstić information content (AvgIpc) is 3.08. The number of aryl methyl sites for hydroxylation is 1. The van der Waals surface area contributed by atoms with Gasteiger partial charge in [0.15, 0.2) is 0 Å². The topological polar surface area (TPSA) is 102 Å². The molecule has 2 heterocycles. The minimum atomic E-state index is -0.504. The van der Waals surface area contributed by atoms with Gasteiger partial charge in [-0.25, -0.2) is 9.48 Å². The maximum atomic E-state index is 12.9. The van der Waals surface area contributed by atoms with E-state index in [1.54, 1.807) is 29.8 Å². The van der Waals surface area contributed by atoms with Crippen molar-refractivity contribution in [1.82, 2.24) is 19.3 Å². The molecule has 0 unspecified atom stereocenters. The fraction of sp³-hybridized carbons (Fsp3) is 0.143. The second-order valence-electron chi connectivity index (χ2n) is 6.76. The predicted molar refractivity (Wildman–Crippen MR) is 118 cm³/mol. The molecule has 0 fully saturated rings. The summed E-state index contributed by atoms with van der Waals surface area (Å²) in [6.45, 7) is 3.83. The molecule has 0 aliphatic carbocycles. The Balaban J connectivity index is 1.71. The van der Waals surface area contributed by atoms with E-state index < -0.39 is 5.69 Å². The van der Waals surface area contributed by atoms with Gasteiger partial charge >= 0.3 is 5.69 Å². The number of aromatic nitrogens is 4. The zero-order chi connectivity index (χ0) is 21.4. The molecule has 1 amide bonds. The van der Waals surface area contributed by atoms with Gasteiger partial charge in [0.1, 0.15) is 5.82 Å². The molecule has 0 spiro atoms. The number of halogens is 1. The maximum Gasteiger partial charge on any atom is 0.328 e. The van der Waals surface area contributed by atoms with E-state index in [1.807, 2.05) is 31.2 Å². The molecular formula is C21H18BrN5O3. The van der Waals surface area contributed by atoms with Crippen LogP contribution in [0.1, 0.15) is 23.0 Å². The van der Waals surface area contributed by atoms with Gasteiger partial charge in [-0.05, 0) is 50.2 Å². The highest BCUT2D eigenvalue weighted by Crippen LogP contribution is 2.21. The first kappa shape index (κ1) is 19.8. The Morgan fingerprint density at radius 3 is 2.70 bits per heavy atom. The van der Waals surface area contributed by atoms with E-state index in [2.05, 4.69) is 31.3 Å². The van der Waals surface area contributed by atoms with Crippen LogP contribution in [0.2, 0.25) is 0 Å². The number of anilines is 1. The molecule has 2 aromatic heterocycles. The van der Waals surface area contributed by atoms with Gasteiger partial charge in [-0.15, -0.1) is 0 Å². The molecule has 4 rings (SSSR count). The number of H-pyrrole nitrogens is 1. The molecule has 9 heteroatoms. The second-order valence-corrected chi connectivity index (χ2v) is 7.67. The summed E-state index contributed by atoms with van der Waals surface area (Å²) in [6, 6.07) is 13.9. The number of benzene rings is 2. The molecule has 152 valence electrons. The van der Waals surface area contributed by atoms with Crippen molar-refractivity contribution in [1.29, 1.82) is 0 Å². The highest BCUT2D eigenvalue weighted by molar-refractivity contribution is 9.10. The Kier molecular flexibility index (Phi) is 5.13. The van der Waals surface area contributed by atoms with Crippen molar-refractivity contribution >= 4 is 38.6 Å². The van der Waals surface area contributed by atoms with E-state index in [-0.39, 0.29) is 18.0 Å². The summed E-state index contributed by atoms with van der Waals surface area (Å²) >= 11 is 3.44. The third-order valence-electron chi connectivity index (χ3n) is 4.69. The number of nitrogens with zero attached hydrogens (tertiary/aromatic N) is 3. The molecule has 0 atom stereocenters. The van der Waals surface area contributed by atoms with Gasteiger partial charge in [-0.3, -0.25) is 14.2 Å². The van der Waals surface area contributed by atoms with Gasteiger partial charge in [0.25, 0.3) is 11.5 Å². The normalized spacial score (nSPS) is 11.0. The summed E-state index contributed by atoms with van der Waals surface area (Å²) in [5, 5.41) is 7.65. The number of hydrogen-bond acceptors (Lipinski definition) is 4. The number of rotatable bonds is 4. The number of carbonyl (C=O) groups is 1. The molecule has 0 bridgehead atoms. The Morgan fingerprint density at radius 2 is 1.97 bits per heavy atom. The lowest BCUT2D eigenvalue weighted by Gasteiger charge is -2.10. The van der Waals surface area contributed by atoms with Crippen LogP contribution in [0.15, 0.2) is 62.6 Å². The highest BCUT2D eigenvalue weighted by Gasteiger charge is 2.14. The van der Waals surface area contributed by atoms with Crippen molar-refractivity contribution in [3.05, 3.63) is 85.1 Å². The fourth-order valence-corrected chi connectivity index (χ4v) is 3.65.